The minimum absolute atomic E-state index is 0.00689. The van der Waals surface area contributed by atoms with Gasteiger partial charge in [-0.05, 0) is 68.7 Å². The molecule has 2 aromatic carbocycles. The summed E-state index contributed by atoms with van der Waals surface area (Å²) in [5.74, 6) is -0.194. The van der Waals surface area contributed by atoms with Crippen molar-refractivity contribution in [3.8, 4) is 22.9 Å². The molecule has 3 rings (SSSR count). The molecule has 10 nitrogen and oxygen atoms in total. The Morgan fingerprint density at radius 3 is 2.37 bits per heavy atom. The molecule has 0 saturated carbocycles. The lowest BCUT2D eigenvalue weighted by molar-refractivity contribution is -0.128. The predicted octanol–water partition coefficient (Wildman–Crippen LogP) is 3.86. The molecule has 38 heavy (non-hydrogen) atoms. The number of anilines is 1. The topological polar surface area (TPSA) is 111 Å². The number of tetrazole rings is 1. The maximum Gasteiger partial charge on any atom is 0.251 e. The number of carbonyl (C=O) groups excluding carboxylic acids is 2. The predicted molar refractivity (Wildman–Crippen MR) is 141 cm³/mol. The van der Waals surface area contributed by atoms with E-state index < -0.39 is 23.3 Å². The van der Waals surface area contributed by atoms with Gasteiger partial charge in [0.2, 0.25) is 11.7 Å². The first-order chi connectivity index (χ1) is 17.9. The lowest BCUT2D eigenvalue weighted by Crippen LogP contribution is -2.55. The molecule has 11 heteroatoms. The third kappa shape index (κ3) is 7.05. The van der Waals surface area contributed by atoms with Crippen LogP contribution in [0.5, 0.6) is 11.5 Å². The van der Waals surface area contributed by atoms with Gasteiger partial charge in [-0.3, -0.25) is 14.5 Å². The zero-order chi connectivity index (χ0) is 28.0. The van der Waals surface area contributed by atoms with Crippen LogP contribution in [0.2, 0.25) is 0 Å². The van der Waals surface area contributed by atoms with Crippen molar-refractivity contribution in [3.63, 3.8) is 0 Å². The third-order valence-electron chi connectivity index (χ3n) is 5.56. The molecule has 1 N–H and O–H groups in total. The van der Waals surface area contributed by atoms with E-state index in [1.54, 1.807) is 24.3 Å². The maximum atomic E-state index is 15.0. The lowest BCUT2D eigenvalue weighted by Gasteiger charge is -2.34. The van der Waals surface area contributed by atoms with E-state index in [-0.39, 0.29) is 29.9 Å². The Bertz CT molecular complexity index is 1270. The number of hydrogen-bond donors (Lipinski definition) is 1. The molecular weight excluding hydrogens is 491 g/mol. The van der Waals surface area contributed by atoms with E-state index in [9.17, 15) is 14.0 Å². The summed E-state index contributed by atoms with van der Waals surface area (Å²) in [6, 6.07) is 10.1. The summed E-state index contributed by atoms with van der Waals surface area (Å²) in [6.45, 7) is 9.07. The van der Waals surface area contributed by atoms with Crippen molar-refractivity contribution >= 4 is 17.5 Å². The number of nitrogens with zero attached hydrogens (tertiary/aromatic N) is 5. The van der Waals surface area contributed by atoms with Gasteiger partial charge in [0.25, 0.3) is 5.91 Å². The summed E-state index contributed by atoms with van der Waals surface area (Å²) >= 11 is 0. The molecule has 0 saturated heterocycles. The van der Waals surface area contributed by atoms with E-state index in [0.29, 0.717) is 23.5 Å². The van der Waals surface area contributed by atoms with Gasteiger partial charge in [0.15, 0.2) is 11.5 Å². The van der Waals surface area contributed by atoms with Crippen LogP contribution in [0.25, 0.3) is 11.4 Å². The van der Waals surface area contributed by atoms with Gasteiger partial charge in [0, 0.05) is 11.1 Å². The van der Waals surface area contributed by atoms with Crippen LogP contribution < -0.4 is 19.7 Å². The van der Waals surface area contributed by atoms with Gasteiger partial charge in [0.1, 0.15) is 18.4 Å². The average molecular weight is 527 g/mol. The highest BCUT2D eigenvalue weighted by atomic mass is 19.1. The van der Waals surface area contributed by atoms with E-state index in [4.69, 9.17) is 9.47 Å². The molecule has 0 aliphatic rings. The van der Waals surface area contributed by atoms with Crippen LogP contribution >= 0.6 is 0 Å². The van der Waals surface area contributed by atoms with E-state index in [1.807, 2.05) is 34.6 Å². The molecule has 3 aromatic rings. The first-order valence-electron chi connectivity index (χ1n) is 12.3. The Morgan fingerprint density at radius 1 is 1.08 bits per heavy atom. The number of nitrogens with one attached hydrogen (secondary N) is 1. The number of amides is 2. The first-order valence-corrected chi connectivity index (χ1v) is 12.3. The van der Waals surface area contributed by atoms with Crippen molar-refractivity contribution in [2.24, 2.45) is 5.92 Å². The SMILES string of the molecule is COc1ccc(-c2nnn(CC(=O)N(c3ccccc3F)[C@H](CC(C)C)C(=O)NC(C)(C)C)n2)cc1OC. The van der Waals surface area contributed by atoms with Crippen LogP contribution in [0.15, 0.2) is 42.5 Å². The summed E-state index contributed by atoms with van der Waals surface area (Å²) in [5.41, 5.74) is 0.0693. The highest BCUT2D eigenvalue weighted by Gasteiger charge is 2.35. The largest absolute Gasteiger partial charge is 0.493 e. The van der Waals surface area contributed by atoms with Crippen LogP contribution in [-0.2, 0) is 16.1 Å². The Hall–Kier alpha value is -4.02. The molecular formula is C27H35FN6O4. The fourth-order valence-corrected chi connectivity index (χ4v) is 3.95. The third-order valence-corrected chi connectivity index (χ3v) is 5.56. The maximum absolute atomic E-state index is 15.0. The molecule has 1 atom stereocenters. The smallest absolute Gasteiger partial charge is 0.251 e. The summed E-state index contributed by atoms with van der Waals surface area (Å²) in [6.07, 6.45) is 0.323. The van der Waals surface area contributed by atoms with Crippen molar-refractivity contribution in [1.29, 1.82) is 0 Å². The number of aromatic nitrogens is 4. The monoisotopic (exact) mass is 526 g/mol. The van der Waals surface area contributed by atoms with Gasteiger partial charge in [-0.2, -0.15) is 4.80 Å². The number of methoxy groups -OCH3 is 2. The number of para-hydroxylation sites is 1. The van der Waals surface area contributed by atoms with Gasteiger partial charge in [0.05, 0.1) is 19.9 Å². The molecule has 0 aliphatic carbocycles. The van der Waals surface area contributed by atoms with Crippen molar-refractivity contribution in [2.45, 2.75) is 59.2 Å². The van der Waals surface area contributed by atoms with E-state index in [1.165, 1.54) is 37.3 Å². The molecule has 0 unspecified atom stereocenters. The van der Waals surface area contributed by atoms with E-state index in [0.717, 1.165) is 4.80 Å². The van der Waals surface area contributed by atoms with Gasteiger partial charge >= 0.3 is 0 Å². The van der Waals surface area contributed by atoms with Crippen LogP contribution in [0, 0.1) is 11.7 Å². The number of halogens is 1. The van der Waals surface area contributed by atoms with Gasteiger partial charge in [-0.1, -0.05) is 26.0 Å². The number of benzene rings is 2. The van der Waals surface area contributed by atoms with Crippen molar-refractivity contribution < 1.29 is 23.5 Å². The molecule has 0 spiro atoms. The minimum atomic E-state index is -0.951. The van der Waals surface area contributed by atoms with Crippen LogP contribution in [0.1, 0.15) is 41.0 Å². The fraction of sp³-hybridized carbons (Fsp3) is 0.444. The summed E-state index contributed by atoms with van der Waals surface area (Å²) < 4.78 is 25.6. The van der Waals surface area contributed by atoms with Crippen molar-refractivity contribution in [1.82, 2.24) is 25.5 Å². The summed E-state index contributed by atoms with van der Waals surface area (Å²) in [4.78, 5) is 29.4. The summed E-state index contributed by atoms with van der Waals surface area (Å²) in [7, 11) is 3.05. The van der Waals surface area contributed by atoms with Gasteiger partial charge in [-0.25, -0.2) is 4.39 Å². The second kappa shape index (κ2) is 12.0. The normalized spacial score (nSPS) is 12.2. The van der Waals surface area contributed by atoms with Gasteiger partial charge in [-0.15, -0.1) is 10.2 Å². The average Bonchev–Trinajstić information content (AvgIpc) is 3.31. The lowest BCUT2D eigenvalue weighted by atomic mass is 9.99. The molecule has 0 aliphatic heterocycles. The first kappa shape index (κ1) is 28.5. The van der Waals surface area contributed by atoms with Gasteiger partial charge < -0.3 is 14.8 Å². The standard InChI is InChI=1S/C27H35FN6O4/c1-17(2)14-21(26(36)29-27(3,4)5)34(20-11-9-8-10-19(20)28)24(35)16-33-31-25(30-32-33)18-12-13-22(37-6)23(15-18)38-7/h8-13,15,17,21H,14,16H2,1-7H3,(H,29,36)/t21-/m1/s1. The molecule has 1 heterocycles. The number of carbonyl (C=O) groups is 2. The molecule has 0 radical (unpaired) electrons. The van der Waals surface area contributed by atoms with Crippen LogP contribution in [0.3, 0.4) is 0 Å². The highest BCUT2D eigenvalue weighted by Crippen LogP contribution is 2.31. The number of rotatable bonds is 10. The highest BCUT2D eigenvalue weighted by molar-refractivity contribution is 6.00. The Balaban J connectivity index is 1.96. The van der Waals surface area contributed by atoms with Crippen molar-refractivity contribution in [3.05, 3.63) is 48.3 Å². The Labute approximate surface area is 222 Å². The molecule has 0 bridgehead atoms. The fourth-order valence-electron chi connectivity index (χ4n) is 3.95. The molecule has 204 valence electrons. The summed E-state index contributed by atoms with van der Waals surface area (Å²) in [5, 5.41) is 15.3. The zero-order valence-corrected chi connectivity index (χ0v) is 22.9. The van der Waals surface area contributed by atoms with Crippen molar-refractivity contribution in [2.75, 3.05) is 19.1 Å². The second-order valence-corrected chi connectivity index (χ2v) is 10.3. The second-order valence-electron chi connectivity index (χ2n) is 10.3. The Kier molecular flexibility index (Phi) is 9.03. The van der Waals surface area contributed by atoms with E-state index in [2.05, 4.69) is 20.7 Å². The zero-order valence-electron chi connectivity index (χ0n) is 22.9. The Morgan fingerprint density at radius 2 is 1.76 bits per heavy atom. The van der Waals surface area contributed by atoms with Crippen LogP contribution in [0.4, 0.5) is 10.1 Å². The molecule has 0 fully saturated rings. The van der Waals surface area contributed by atoms with Crippen LogP contribution in [-0.4, -0.2) is 57.8 Å². The molecule has 1 aromatic heterocycles. The minimum Gasteiger partial charge on any atom is -0.493 e. The molecule has 2 amide bonds. The number of hydrogen-bond acceptors (Lipinski definition) is 7. The quantitative estimate of drug-likeness (QED) is 0.427. The number of ether oxygens (including phenoxy) is 2. The van der Waals surface area contributed by atoms with E-state index >= 15 is 0 Å².